The summed E-state index contributed by atoms with van der Waals surface area (Å²) in [7, 11) is 4.81. The Kier molecular flexibility index (Phi) is 7.48. The highest BCUT2D eigenvalue weighted by atomic mass is 16.5. The Balaban J connectivity index is 2.49. The van der Waals surface area contributed by atoms with Crippen molar-refractivity contribution in [3.05, 3.63) is 0 Å². The first-order valence-corrected chi connectivity index (χ1v) is 7.55. The van der Waals surface area contributed by atoms with Crippen LogP contribution in [-0.4, -0.2) is 81.2 Å². The zero-order valence-electron chi connectivity index (χ0n) is 13.9. The number of likely N-dealkylation sites (tertiary alicyclic amines) is 1. The van der Waals surface area contributed by atoms with E-state index in [-0.39, 0.29) is 24.6 Å². The largest absolute Gasteiger partial charge is 0.453 e. The maximum atomic E-state index is 11.6. The van der Waals surface area contributed by atoms with E-state index in [4.69, 9.17) is 4.74 Å². The van der Waals surface area contributed by atoms with Crippen LogP contribution in [0.15, 0.2) is 4.99 Å². The van der Waals surface area contributed by atoms with Gasteiger partial charge >= 0.3 is 6.09 Å². The topological polar surface area (TPSA) is 86.3 Å². The maximum absolute atomic E-state index is 11.6. The number of hydrogen-bond acceptors (Lipinski definition) is 4. The highest BCUT2D eigenvalue weighted by molar-refractivity contribution is 5.84. The predicted molar refractivity (Wildman–Crippen MR) is 84.8 cm³/mol. The van der Waals surface area contributed by atoms with Gasteiger partial charge in [-0.2, -0.15) is 0 Å². The van der Waals surface area contributed by atoms with E-state index in [0.29, 0.717) is 19.0 Å². The molecule has 8 heteroatoms. The van der Waals surface area contributed by atoms with Crippen molar-refractivity contribution in [3.8, 4) is 0 Å². The Hall–Kier alpha value is -1.99. The molecule has 0 atom stereocenters. The Labute approximate surface area is 131 Å². The Bertz CT molecular complexity index is 403. The number of piperidine rings is 1. The molecule has 0 saturated carbocycles. The third kappa shape index (κ3) is 5.79. The van der Waals surface area contributed by atoms with Gasteiger partial charge in [-0.3, -0.25) is 4.79 Å². The molecule has 1 saturated heterocycles. The molecule has 1 aliphatic rings. The molecule has 1 heterocycles. The van der Waals surface area contributed by atoms with Crippen LogP contribution in [0.5, 0.6) is 0 Å². The molecule has 1 fully saturated rings. The van der Waals surface area contributed by atoms with Crippen LogP contribution in [0.4, 0.5) is 4.79 Å². The fourth-order valence-corrected chi connectivity index (χ4v) is 2.14. The molecule has 0 aromatic carbocycles. The number of hydrogen-bond donors (Lipinski definition) is 2. The molecule has 0 spiro atoms. The van der Waals surface area contributed by atoms with Gasteiger partial charge in [-0.25, -0.2) is 9.79 Å². The average Bonchev–Trinajstić information content (AvgIpc) is 2.52. The lowest BCUT2D eigenvalue weighted by Crippen LogP contribution is -2.50. The lowest BCUT2D eigenvalue weighted by Gasteiger charge is -2.32. The van der Waals surface area contributed by atoms with Gasteiger partial charge in [-0.1, -0.05) is 0 Å². The number of likely N-dealkylation sites (N-methyl/N-ethyl adjacent to an activating group) is 1. The fraction of sp³-hybridized carbons (Fsp3) is 0.786. The number of guanidine groups is 1. The van der Waals surface area contributed by atoms with Crippen LogP contribution in [0.1, 0.15) is 19.8 Å². The highest BCUT2D eigenvalue weighted by Crippen LogP contribution is 2.11. The minimum Gasteiger partial charge on any atom is -0.453 e. The average molecular weight is 313 g/mol. The van der Waals surface area contributed by atoms with Crippen molar-refractivity contribution in [1.82, 2.24) is 20.4 Å². The molecular formula is C14H27N5O3. The van der Waals surface area contributed by atoms with Gasteiger partial charge in [0, 0.05) is 39.8 Å². The van der Waals surface area contributed by atoms with E-state index in [9.17, 15) is 9.59 Å². The van der Waals surface area contributed by atoms with Gasteiger partial charge in [0.15, 0.2) is 5.96 Å². The van der Waals surface area contributed by atoms with Crippen LogP contribution >= 0.6 is 0 Å². The molecule has 2 amide bonds. The number of amides is 2. The molecule has 2 N–H and O–H groups in total. The van der Waals surface area contributed by atoms with Crippen LogP contribution < -0.4 is 10.6 Å². The number of rotatable bonds is 4. The predicted octanol–water partition coefficient (Wildman–Crippen LogP) is -0.139. The third-order valence-electron chi connectivity index (χ3n) is 3.48. The Morgan fingerprint density at radius 2 is 1.95 bits per heavy atom. The molecule has 8 nitrogen and oxygen atoms in total. The standard InChI is InChI=1S/C14H27N5O3/c1-5-15-13(16-10-12(20)18(2)3)17-11-6-8-19(9-7-11)14(21)22-4/h11H,5-10H2,1-4H3,(H2,15,16,17). The van der Waals surface area contributed by atoms with Crippen molar-refractivity contribution in [3.63, 3.8) is 0 Å². The monoisotopic (exact) mass is 313 g/mol. The van der Waals surface area contributed by atoms with Crippen molar-refractivity contribution in [2.45, 2.75) is 25.8 Å². The summed E-state index contributed by atoms with van der Waals surface area (Å²) in [5.74, 6) is 0.590. The summed E-state index contributed by atoms with van der Waals surface area (Å²) in [6.45, 7) is 4.12. The number of ether oxygens (including phenoxy) is 1. The summed E-state index contributed by atoms with van der Waals surface area (Å²) in [6, 6.07) is 0.230. The second-order valence-corrected chi connectivity index (χ2v) is 5.36. The van der Waals surface area contributed by atoms with Crippen LogP contribution in [0.2, 0.25) is 0 Å². The van der Waals surface area contributed by atoms with E-state index in [1.807, 2.05) is 6.92 Å². The second kappa shape index (κ2) is 9.11. The van der Waals surface area contributed by atoms with Crippen molar-refractivity contribution < 1.29 is 14.3 Å². The lowest BCUT2D eigenvalue weighted by molar-refractivity contribution is -0.127. The fourth-order valence-electron chi connectivity index (χ4n) is 2.14. The van der Waals surface area contributed by atoms with E-state index in [0.717, 1.165) is 19.4 Å². The van der Waals surface area contributed by atoms with Crippen molar-refractivity contribution in [2.75, 3.05) is 47.4 Å². The van der Waals surface area contributed by atoms with E-state index in [1.54, 1.807) is 19.0 Å². The molecule has 0 aromatic rings. The number of methoxy groups -OCH3 is 1. The summed E-state index contributed by atoms with van der Waals surface area (Å²) in [6.07, 6.45) is 1.36. The highest BCUT2D eigenvalue weighted by Gasteiger charge is 2.23. The van der Waals surface area contributed by atoms with Gasteiger partial charge in [0.2, 0.25) is 5.91 Å². The van der Waals surface area contributed by atoms with Crippen LogP contribution in [0, 0.1) is 0 Å². The second-order valence-electron chi connectivity index (χ2n) is 5.36. The number of aliphatic imine (C=N–C) groups is 1. The first-order chi connectivity index (χ1) is 10.5. The molecule has 1 rings (SSSR count). The molecule has 1 aliphatic heterocycles. The molecule has 0 unspecified atom stereocenters. The molecule has 0 aliphatic carbocycles. The molecule has 0 radical (unpaired) electrons. The summed E-state index contributed by atoms with van der Waals surface area (Å²) in [5.41, 5.74) is 0. The SMILES string of the molecule is CCNC(=NCC(=O)N(C)C)NC1CCN(C(=O)OC)CC1. The van der Waals surface area contributed by atoms with Gasteiger partial charge < -0.3 is 25.2 Å². The van der Waals surface area contributed by atoms with E-state index >= 15 is 0 Å². The lowest BCUT2D eigenvalue weighted by atomic mass is 10.1. The van der Waals surface area contributed by atoms with Crippen molar-refractivity contribution in [1.29, 1.82) is 0 Å². The first kappa shape index (κ1) is 18.1. The van der Waals surface area contributed by atoms with Gasteiger partial charge in [0.25, 0.3) is 0 Å². The molecule has 0 aromatic heterocycles. The summed E-state index contributed by atoms with van der Waals surface area (Å²) in [4.78, 5) is 30.5. The first-order valence-electron chi connectivity index (χ1n) is 7.55. The number of carbonyl (C=O) groups is 2. The quantitative estimate of drug-likeness (QED) is 0.557. The van der Waals surface area contributed by atoms with Gasteiger partial charge in [0.05, 0.1) is 7.11 Å². The Morgan fingerprint density at radius 1 is 1.32 bits per heavy atom. The smallest absolute Gasteiger partial charge is 0.409 e. The van der Waals surface area contributed by atoms with Crippen LogP contribution in [-0.2, 0) is 9.53 Å². The molecule has 22 heavy (non-hydrogen) atoms. The normalized spacial score (nSPS) is 16.2. The molecule has 0 bridgehead atoms. The number of nitrogens with one attached hydrogen (secondary N) is 2. The Morgan fingerprint density at radius 3 is 2.45 bits per heavy atom. The minimum absolute atomic E-state index is 0.0438. The van der Waals surface area contributed by atoms with E-state index in [1.165, 1.54) is 12.0 Å². The number of nitrogens with zero attached hydrogens (tertiary/aromatic N) is 3. The summed E-state index contributed by atoms with van der Waals surface area (Å²) >= 11 is 0. The zero-order valence-corrected chi connectivity index (χ0v) is 13.9. The van der Waals surface area contributed by atoms with Crippen LogP contribution in [0.3, 0.4) is 0 Å². The van der Waals surface area contributed by atoms with Gasteiger partial charge in [-0.05, 0) is 19.8 Å². The van der Waals surface area contributed by atoms with Crippen LogP contribution in [0.25, 0.3) is 0 Å². The maximum Gasteiger partial charge on any atom is 0.409 e. The van der Waals surface area contributed by atoms with E-state index < -0.39 is 0 Å². The molecule has 126 valence electrons. The number of carbonyl (C=O) groups excluding carboxylic acids is 2. The van der Waals surface area contributed by atoms with Crippen molar-refractivity contribution in [2.24, 2.45) is 4.99 Å². The van der Waals surface area contributed by atoms with Gasteiger partial charge in [0.1, 0.15) is 6.54 Å². The third-order valence-corrected chi connectivity index (χ3v) is 3.48. The minimum atomic E-state index is -0.282. The summed E-state index contributed by atoms with van der Waals surface area (Å²) < 4.78 is 4.72. The summed E-state index contributed by atoms with van der Waals surface area (Å²) in [5, 5.41) is 6.45. The van der Waals surface area contributed by atoms with Gasteiger partial charge in [-0.15, -0.1) is 0 Å². The van der Waals surface area contributed by atoms with E-state index in [2.05, 4.69) is 15.6 Å². The van der Waals surface area contributed by atoms with Crippen molar-refractivity contribution >= 4 is 18.0 Å². The zero-order chi connectivity index (χ0) is 16.5. The molecular weight excluding hydrogens is 286 g/mol.